The number of rotatable bonds is 8. The Morgan fingerprint density at radius 1 is 1.11 bits per heavy atom. The summed E-state index contributed by atoms with van der Waals surface area (Å²) in [6.07, 6.45) is 3.52. The maximum absolute atomic E-state index is 13.2. The first-order valence-electron chi connectivity index (χ1n) is 11.8. The summed E-state index contributed by atoms with van der Waals surface area (Å²) in [6, 6.07) is 13.5. The van der Waals surface area contributed by atoms with Crippen LogP contribution in [0.1, 0.15) is 51.8 Å². The van der Waals surface area contributed by atoms with E-state index in [0.29, 0.717) is 23.8 Å². The van der Waals surface area contributed by atoms with E-state index in [1.165, 1.54) is 11.8 Å². The summed E-state index contributed by atoms with van der Waals surface area (Å²) in [5, 5.41) is 12.5. The van der Waals surface area contributed by atoms with Crippen LogP contribution in [0.4, 0.5) is 5.69 Å². The van der Waals surface area contributed by atoms with Crippen LogP contribution in [0, 0.1) is 20.8 Å². The Hall–Kier alpha value is -3.39. The molecule has 2 amide bonds. The number of amides is 2. The van der Waals surface area contributed by atoms with Crippen molar-refractivity contribution in [1.29, 1.82) is 0 Å². The molecule has 0 saturated carbocycles. The summed E-state index contributed by atoms with van der Waals surface area (Å²) in [7, 11) is 0. The Bertz CT molecular complexity index is 1230. The van der Waals surface area contributed by atoms with Gasteiger partial charge >= 0.3 is 0 Å². The molecule has 7 nitrogen and oxygen atoms in total. The molecule has 0 radical (unpaired) electrons. The van der Waals surface area contributed by atoms with Crippen molar-refractivity contribution in [3.05, 3.63) is 83.2 Å². The number of nitrogens with one attached hydrogen (secondary N) is 1. The van der Waals surface area contributed by atoms with Gasteiger partial charge in [0.25, 0.3) is 5.91 Å². The number of allylic oxidation sites excluding steroid dienone is 1. The highest BCUT2D eigenvalue weighted by Gasteiger charge is 2.34. The minimum absolute atomic E-state index is 0.00255. The normalized spacial score (nSPS) is 15.3. The molecule has 35 heavy (non-hydrogen) atoms. The lowest BCUT2D eigenvalue weighted by atomic mass is 10.1. The fourth-order valence-electron chi connectivity index (χ4n) is 4.28. The second-order valence-electron chi connectivity index (χ2n) is 8.92. The lowest BCUT2D eigenvalue weighted by Gasteiger charge is -2.24. The number of aromatic nitrogens is 3. The Labute approximate surface area is 210 Å². The average Bonchev–Trinajstić information content (AvgIpc) is 3.47. The van der Waals surface area contributed by atoms with E-state index in [0.717, 1.165) is 41.0 Å². The van der Waals surface area contributed by atoms with Crippen molar-refractivity contribution < 1.29 is 9.59 Å². The molecule has 1 aliphatic heterocycles. The van der Waals surface area contributed by atoms with Crippen LogP contribution in [0.3, 0.4) is 0 Å². The third kappa shape index (κ3) is 5.65. The zero-order valence-corrected chi connectivity index (χ0v) is 21.3. The van der Waals surface area contributed by atoms with Gasteiger partial charge in [0.2, 0.25) is 5.91 Å². The number of anilines is 1. The second kappa shape index (κ2) is 10.9. The summed E-state index contributed by atoms with van der Waals surface area (Å²) in [5.41, 5.74) is 4.73. The molecule has 4 rings (SSSR count). The van der Waals surface area contributed by atoms with E-state index < -0.39 is 0 Å². The highest BCUT2D eigenvalue weighted by molar-refractivity contribution is 7.99. The van der Waals surface area contributed by atoms with Crippen LogP contribution >= 0.6 is 11.8 Å². The van der Waals surface area contributed by atoms with Crippen molar-refractivity contribution in [3.63, 3.8) is 0 Å². The van der Waals surface area contributed by atoms with Gasteiger partial charge in [-0.2, -0.15) is 0 Å². The molecule has 3 aromatic rings. The summed E-state index contributed by atoms with van der Waals surface area (Å²) in [4.78, 5) is 27.8. The van der Waals surface area contributed by atoms with E-state index in [1.807, 2.05) is 72.7 Å². The average molecular weight is 490 g/mol. The molecule has 1 fully saturated rings. The maximum Gasteiger partial charge on any atom is 0.254 e. The zero-order valence-electron chi connectivity index (χ0n) is 20.5. The van der Waals surface area contributed by atoms with Gasteiger partial charge in [0.05, 0.1) is 11.8 Å². The third-order valence-corrected chi connectivity index (χ3v) is 7.13. The number of nitrogens with zero attached hydrogens (tertiary/aromatic N) is 4. The minimum atomic E-state index is -0.158. The van der Waals surface area contributed by atoms with Crippen LogP contribution in [0.15, 0.2) is 60.3 Å². The van der Waals surface area contributed by atoms with Crippen molar-refractivity contribution >= 4 is 29.3 Å². The molecule has 0 bridgehead atoms. The largest absolute Gasteiger partial charge is 0.328 e. The molecule has 8 heteroatoms. The number of benzene rings is 2. The molecule has 2 heterocycles. The number of carbonyl (C=O) groups is 2. The van der Waals surface area contributed by atoms with Gasteiger partial charge in [0, 0.05) is 24.3 Å². The number of thioether (sulfide) groups is 1. The van der Waals surface area contributed by atoms with E-state index in [1.54, 1.807) is 6.08 Å². The van der Waals surface area contributed by atoms with Crippen molar-refractivity contribution in [2.75, 3.05) is 17.6 Å². The van der Waals surface area contributed by atoms with Crippen LogP contribution in [-0.4, -0.2) is 43.8 Å². The van der Waals surface area contributed by atoms with E-state index in [4.69, 9.17) is 0 Å². The molecule has 1 atom stereocenters. The van der Waals surface area contributed by atoms with E-state index in [9.17, 15) is 9.59 Å². The van der Waals surface area contributed by atoms with Gasteiger partial charge < -0.3 is 14.8 Å². The molecule has 1 N–H and O–H groups in total. The van der Waals surface area contributed by atoms with Gasteiger partial charge in [-0.15, -0.1) is 16.8 Å². The number of likely N-dealkylation sites (tertiary alicyclic amines) is 1. The minimum Gasteiger partial charge on any atom is -0.328 e. The van der Waals surface area contributed by atoms with Gasteiger partial charge in [-0.25, -0.2) is 0 Å². The van der Waals surface area contributed by atoms with E-state index in [2.05, 4.69) is 22.1 Å². The fraction of sp³-hybridized carbons (Fsp3) is 0.333. The first kappa shape index (κ1) is 24.7. The Kier molecular flexibility index (Phi) is 7.70. The lowest BCUT2D eigenvalue weighted by Crippen LogP contribution is -2.32. The van der Waals surface area contributed by atoms with E-state index in [-0.39, 0.29) is 23.6 Å². The second-order valence-corrected chi connectivity index (χ2v) is 9.86. The topological polar surface area (TPSA) is 80.1 Å². The first-order valence-corrected chi connectivity index (χ1v) is 12.8. The SMILES string of the molecule is C=CCn1c(SCC(=O)Nc2cc(C)ccc2C)nnc1C1CCCN1C(=O)c1ccc(C)cc1. The molecular formula is C27H31N5O2S. The predicted molar refractivity (Wildman–Crippen MR) is 140 cm³/mol. The monoisotopic (exact) mass is 489 g/mol. The molecule has 0 aliphatic carbocycles. The molecule has 0 spiro atoms. The van der Waals surface area contributed by atoms with Gasteiger partial charge in [0.1, 0.15) is 0 Å². The van der Waals surface area contributed by atoms with Crippen molar-refractivity contribution in [3.8, 4) is 0 Å². The maximum atomic E-state index is 13.2. The molecular weight excluding hydrogens is 458 g/mol. The van der Waals surface area contributed by atoms with Gasteiger partial charge in [-0.1, -0.05) is 47.7 Å². The Morgan fingerprint density at radius 2 is 1.86 bits per heavy atom. The Morgan fingerprint density at radius 3 is 2.60 bits per heavy atom. The summed E-state index contributed by atoms with van der Waals surface area (Å²) < 4.78 is 1.97. The summed E-state index contributed by atoms with van der Waals surface area (Å²) in [6.45, 7) is 11.0. The van der Waals surface area contributed by atoms with Crippen molar-refractivity contribution in [2.24, 2.45) is 0 Å². The summed E-state index contributed by atoms with van der Waals surface area (Å²) in [5.74, 6) is 0.845. The highest BCUT2D eigenvalue weighted by atomic mass is 32.2. The van der Waals surface area contributed by atoms with Crippen molar-refractivity contribution in [1.82, 2.24) is 19.7 Å². The van der Waals surface area contributed by atoms with Crippen LogP contribution in [0.2, 0.25) is 0 Å². The fourth-order valence-corrected chi connectivity index (χ4v) is 5.04. The standard InChI is InChI=1S/C27H31N5O2S/c1-5-14-32-25(23-7-6-15-31(23)26(34)21-12-9-18(2)10-13-21)29-30-27(32)35-17-24(33)28-22-16-19(3)8-11-20(22)4/h5,8-13,16,23H,1,6-7,14-15,17H2,2-4H3,(H,28,33). The first-order chi connectivity index (χ1) is 16.9. The number of aryl methyl sites for hydroxylation is 3. The molecule has 1 aromatic heterocycles. The molecule has 2 aromatic carbocycles. The predicted octanol–water partition coefficient (Wildman–Crippen LogP) is 5.10. The molecule has 1 saturated heterocycles. The van der Waals surface area contributed by atoms with Crippen LogP contribution in [-0.2, 0) is 11.3 Å². The molecule has 1 unspecified atom stereocenters. The van der Waals surface area contributed by atoms with Crippen LogP contribution < -0.4 is 5.32 Å². The molecule has 182 valence electrons. The number of hydrogen-bond donors (Lipinski definition) is 1. The van der Waals surface area contributed by atoms with Crippen LogP contribution in [0.25, 0.3) is 0 Å². The summed E-state index contributed by atoms with van der Waals surface area (Å²) >= 11 is 1.34. The van der Waals surface area contributed by atoms with E-state index >= 15 is 0 Å². The van der Waals surface area contributed by atoms with Gasteiger partial charge in [0.15, 0.2) is 11.0 Å². The number of carbonyl (C=O) groups excluding carboxylic acids is 2. The quantitative estimate of drug-likeness (QED) is 0.352. The molecule has 1 aliphatic rings. The lowest BCUT2D eigenvalue weighted by molar-refractivity contribution is -0.113. The highest BCUT2D eigenvalue weighted by Crippen LogP contribution is 2.34. The zero-order chi connectivity index (χ0) is 24.9. The van der Waals surface area contributed by atoms with Crippen LogP contribution in [0.5, 0.6) is 0 Å². The van der Waals surface area contributed by atoms with Crippen molar-refractivity contribution in [2.45, 2.75) is 51.4 Å². The Balaban J connectivity index is 1.49. The van der Waals surface area contributed by atoms with Gasteiger partial charge in [-0.3, -0.25) is 9.59 Å². The third-order valence-electron chi connectivity index (χ3n) is 6.17. The number of hydrogen-bond acceptors (Lipinski definition) is 5. The van der Waals surface area contributed by atoms with Gasteiger partial charge in [-0.05, 0) is 62.9 Å². The smallest absolute Gasteiger partial charge is 0.254 e.